The Kier molecular flexibility index (Phi) is 9.73. The van der Waals surface area contributed by atoms with E-state index in [9.17, 15) is 0 Å². The van der Waals surface area contributed by atoms with Crippen molar-refractivity contribution in [1.82, 2.24) is 19.4 Å². The standard InChI is InChI=1S/C57H37N5S.C3H6/c1-3-13-36(14-4-1)48-35-49(37-15-5-2-6-16-37)60-57(59-48)40-17-11-18-41(31-40)62-50-21-9-7-19-43(50)45-27-24-39(33-53(45)62)38-25-28-52-46(32-38)44-20-8-10-22-51(44)61(52)42-26-29-54-47(34-42)56-55(63-54)23-12-30-58-56;1-3-2/h1-35,57,59H;3H,1H2,2H3. The molecule has 66 heavy (non-hydrogen) atoms. The largest absolute Gasteiger partial charge is 0.360 e. The first-order valence-electron chi connectivity index (χ1n) is 22.3. The first-order chi connectivity index (χ1) is 32.6. The minimum absolute atomic E-state index is 0.277. The lowest BCUT2D eigenvalue weighted by molar-refractivity contribution is 0.663. The molecule has 0 fully saturated rings. The van der Waals surface area contributed by atoms with E-state index in [0.717, 1.165) is 50.5 Å². The van der Waals surface area contributed by atoms with Gasteiger partial charge in [0.15, 0.2) is 0 Å². The minimum Gasteiger partial charge on any atom is -0.360 e. The van der Waals surface area contributed by atoms with Crippen LogP contribution in [0.5, 0.6) is 0 Å². The van der Waals surface area contributed by atoms with E-state index in [2.05, 4.69) is 221 Å². The van der Waals surface area contributed by atoms with Crippen LogP contribution in [-0.2, 0) is 0 Å². The lowest BCUT2D eigenvalue weighted by atomic mass is 10.0. The number of aliphatic imine (C=N–C) groups is 1. The van der Waals surface area contributed by atoms with Crippen LogP contribution in [0.1, 0.15) is 29.8 Å². The molecule has 0 saturated carbocycles. The second kappa shape index (κ2) is 16.3. The summed E-state index contributed by atoms with van der Waals surface area (Å²) in [5, 5.41) is 9.87. The highest BCUT2D eigenvalue weighted by Crippen LogP contribution is 2.40. The number of hydrogen-bond acceptors (Lipinski definition) is 4. The normalized spacial score (nSPS) is 13.7. The molecule has 6 heteroatoms. The van der Waals surface area contributed by atoms with Crippen LogP contribution in [0.25, 0.3) is 92.1 Å². The smallest absolute Gasteiger partial charge is 0.145 e. The minimum atomic E-state index is -0.277. The number of hydrogen-bond donors (Lipinski definition) is 1. The van der Waals surface area contributed by atoms with Crippen LogP contribution in [0.15, 0.2) is 230 Å². The Hall–Kier alpha value is -8.32. The molecule has 0 spiro atoms. The summed E-state index contributed by atoms with van der Waals surface area (Å²) in [6.45, 7) is 5.25. The molecule has 0 saturated heterocycles. The van der Waals surface area contributed by atoms with Crippen LogP contribution < -0.4 is 5.32 Å². The molecule has 8 aromatic carbocycles. The van der Waals surface area contributed by atoms with Crippen LogP contribution in [0.4, 0.5) is 0 Å². The van der Waals surface area contributed by atoms with Gasteiger partial charge in [-0.15, -0.1) is 17.9 Å². The molecule has 5 nitrogen and oxygen atoms in total. The molecule has 0 radical (unpaired) electrons. The van der Waals surface area contributed by atoms with Crippen molar-refractivity contribution in [1.29, 1.82) is 0 Å². The third kappa shape index (κ3) is 6.70. The topological polar surface area (TPSA) is 47.1 Å². The van der Waals surface area contributed by atoms with Crippen molar-refractivity contribution < 1.29 is 0 Å². The summed E-state index contributed by atoms with van der Waals surface area (Å²) in [5.41, 5.74) is 15.7. The zero-order chi connectivity index (χ0) is 44.1. The van der Waals surface area contributed by atoms with Gasteiger partial charge in [0.2, 0.25) is 0 Å². The van der Waals surface area contributed by atoms with Crippen molar-refractivity contribution in [3.05, 3.63) is 242 Å². The van der Waals surface area contributed by atoms with Crippen LogP contribution in [0, 0.1) is 0 Å². The highest BCUT2D eigenvalue weighted by molar-refractivity contribution is 7.25. The zero-order valence-electron chi connectivity index (χ0n) is 36.3. The van der Waals surface area contributed by atoms with Crippen molar-refractivity contribution in [2.45, 2.75) is 13.1 Å². The monoisotopic (exact) mass is 865 g/mol. The summed E-state index contributed by atoms with van der Waals surface area (Å²) in [6, 6.07) is 72.2. The highest BCUT2D eigenvalue weighted by Gasteiger charge is 2.22. The van der Waals surface area contributed by atoms with E-state index in [1.165, 1.54) is 64.0 Å². The van der Waals surface area contributed by atoms with Crippen molar-refractivity contribution in [3.63, 3.8) is 0 Å². The average molecular weight is 866 g/mol. The van der Waals surface area contributed by atoms with Gasteiger partial charge in [-0.05, 0) is 114 Å². The first kappa shape index (κ1) is 39.3. The van der Waals surface area contributed by atoms with E-state index in [1.807, 2.05) is 19.2 Å². The van der Waals surface area contributed by atoms with Crippen LogP contribution in [-0.4, -0.2) is 19.8 Å². The van der Waals surface area contributed by atoms with Crippen molar-refractivity contribution >= 4 is 86.7 Å². The van der Waals surface area contributed by atoms with Crippen LogP contribution in [0.3, 0.4) is 0 Å². The Bertz CT molecular complexity index is 3890. The van der Waals surface area contributed by atoms with Gasteiger partial charge >= 0.3 is 0 Å². The number of nitrogens with one attached hydrogen (secondary N) is 1. The third-order valence-electron chi connectivity index (χ3n) is 12.6. The molecule has 5 heterocycles. The van der Waals surface area contributed by atoms with Gasteiger partial charge in [0, 0.05) is 54.9 Å². The molecule has 1 aliphatic heterocycles. The predicted octanol–water partition coefficient (Wildman–Crippen LogP) is 15.6. The Morgan fingerprint density at radius 1 is 0.500 bits per heavy atom. The van der Waals surface area contributed by atoms with E-state index in [1.54, 1.807) is 17.4 Å². The van der Waals surface area contributed by atoms with Crippen LogP contribution in [0.2, 0.25) is 0 Å². The molecule has 4 aromatic heterocycles. The van der Waals surface area contributed by atoms with E-state index < -0.39 is 0 Å². The maximum Gasteiger partial charge on any atom is 0.145 e. The lowest BCUT2D eigenvalue weighted by Crippen LogP contribution is -2.25. The Morgan fingerprint density at radius 3 is 1.92 bits per heavy atom. The van der Waals surface area contributed by atoms with E-state index in [0.29, 0.717) is 0 Å². The number of thiophene rings is 1. The lowest BCUT2D eigenvalue weighted by Gasteiger charge is -2.25. The number of para-hydroxylation sites is 2. The van der Waals surface area contributed by atoms with E-state index in [4.69, 9.17) is 9.98 Å². The summed E-state index contributed by atoms with van der Waals surface area (Å²) >= 11 is 1.80. The maximum atomic E-state index is 5.31. The molecule has 13 rings (SSSR count). The van der Waals surface area contributed by atoms with Gasteiger partial charge in [-0.2, -0.15) is 0 Å². The number of fused-ring (bicyclic) bond motifs is 9. The molecule has 12 aromatic rings. The molecular weight excluding hydrogens is 823 g/mol. The second-order valence-corrected chi connectivity index (χ2v) is 17.7. The molecule has 0 amide bonds. The van der Waals surface area contributed by atoms with Gasteiger partial charge in [0.1, 0.15) is 6.17 Å². The molecule has 0 bridgehead atoms. The number of aromatic nitrogens is 3. The van der Waals surface area contributed by atoms with E-state index in [-0.39, 0.29) is 6.17 Å². The number of pyridine rings is 1. The first-order valence-corrected chi connectivity index (χ1v) is 23.1. The number of rotatable bonds is 6. The Balaban J connectivity index is 0.00000148. The fourth-order valence-electron chi connectivity index (χ4n) is 9.66. The van der Waals surface area contributed by atoms with Gasteiger partial charge in [0.05, 0.1) is 38.0 Å². The van der Waals surface area contributed by atoms with Crippen molar-refractivity contribution in [2.75, 3.05) is 0 Å². The quantitative estimate of drug-likeness (QED) is 0.169. The number of allylic oxidation sites excluding steroid dienone is 2. The molecule has 1 atom stereocenters. The van der Waals surface area contributed by atoms with Crippen LogP contribution >= 0.6 is 11.3 Å². The molecule has 1 N–H and O–H groups in total. The summed E-state index contributed by atoms with van der Waals surface area (Å²) < 4.78 is 7.28. The number of benzene rings is 8. The molecule has 0 aliphatic carbocycles. The van der Waals surface area contributed by atoms with Gasteiger partial charge in [-0.25, -0.2) is 0 Å². The average Bonchev–Trinajstić information content (AvgIpc) is 4.04. The molecular formula is C60H43N5S. The Labute approximate surface area is 386 Å². The zero-order valence-corrected chi connectivity index (χ0v) is 37.1. The van der Waals surface area contributed by atoms with E-state index >= 15 is 0 Å². The van der Waals surface area contributed by atoms with Gasteiger partial charge < -0.3 is 14.5 Å². The predicted molar refractivity (Wildman–Crippen MR) is 280 cm³/mol. The third-order valence-corrected chi connectivity index (χ3v) is 13.7. The highest BCUT2D eigenvalue weighted by atomic mass is 32.1. The van der Waals surface area contributed by atoms with Crippen molar-refractivity contribution in [3.8, 4) is 22.5 Å². The maximum absolute atomic E-state index is 5.31. The Morgan fingerprint density at radius 2 is 1.14 bits per heavy atom. The van der Waals surface area contributed by atoms with Gasteiger partial charge in [0.25, 0.3) is 0 Å². The van der Waals surface area contributed by atoms with Crippen molar-refractivity contribution in [2.24, 2.45) is 4.99 Å². The SMILES string of the molecule is C1=C(c2ccccc2)NC(c2cccc(-n3c4ccccc4c4ccc(-c5ccc6c(c5)c5ccccc5n6-c5ccc6sc7cccnc7c6c5)cc43)c2)N=C1c1ccccc1.C=CC. The summed E-state index contributed by atoms with van der Waals surface area (Å²) in [4.78, 5) is 10.1. The summed E-state index contributed by atoms with van der Waals surface area (Å²) in [6.07, 6.45) is 5.53. The summed E-state index contributed by atoms with van der Waals surface area (Å²) in [7, 11) is 0. The molecule has 1 unspecified atom stereocenters. The van der Waals surface area contributed by atoms with Gasteiger partial charge in [-0.3, -0.25) is 9.98 Å². The molecule has 314 valence electrons. The van der Waals surface area contributed by atoms with Gasteiger partial charge in [-0.1, -0.05) is 133 Å². The molecule has 1 aliphatic rings. The second-order valence-electron chi connectivity index (χ2n) is 16.7. The summed E-state index contributed by atoms with van der Waals surface area (Å²) in [5.74, 6) is 0. The fourth-order valence-corrected chi connectivity index (χ4v) is 10.7. The fraction of sp³-hybridized carbons (Fsp3) is 0.0333. The number of nitrogens with zero attached hydrogens (tertiary/aromatic N) is 4.